The van der Waals surface area contributed by atoms with Crippen molar-refractivity contribution < 1.29 is 19.1 Å². The van der Waals surface area contributed by atoms with Crippen LogP contribution in [0.1, 0.15) is 28.6 Å². The van der Waals surface area contributed by atoms with E-state index in [-0.39, 0.29) is 12.3 Å². The predicted molar refractivity (Wildman–Crippen MR) is 65.0 cm³/mol. The quantitative estimate of drug-likeness (QED) is 0.863. The molecule has 5 nitrogen and oxygen atoms in total. The summed E-state index contributed by atoms with van der Waals surface area (Å²) in [5.74, 6) is -1.23. The molecule has 5 heteroatoms. The third-order valence-corrected chi connectivity index (χ3v) is 2.60. The maximum atomic E-state index is 12.0. The van der Waals surface area contributed by atoms with Crippen molar-refractivity contribution in [3.63, 3.8) is 0 Å². The minimum Gasteiger partial charge on any atom is -0.550 e. The van der Waals surface area contributed by atoms with Crippen LogP contribution >= 0.6 is 0 Å². The van der Waals surface area contributed by atoms with Gasteiger partial charge in [-0.2, -0.15) is 0 Å². The zero-order chi connectivity index (χ0) is 13.7. The van der Waals surface area contributed by atoms with Crippen LogP contribution in [0.2, 0.25) is 0 Å². The highest BCUT2D eigenvalue weighted by Crippen LogP contribution is 2.17. The summed E-state index contributed by atoms with van der Waals surface area (Å²) in [5, 5.41) is 13.3. The van der Waals surface area contributed by atoms with Gasteiger partial charge in [0.1, 0.15) is 5.76 Å². The van der Waals surface area contributed by atoms with E-state index in [1.165, 1.54) is 6.26 Å². The highest BCUT2D eigenvalue weighted by atomic mass is 16.4. The van der Waals surface area contributed by atoms with Crippen LogP contribution in [-0.4, -0.2) is 11.9 Å². The average molecular weight is 258 g/mol. The van der Waals surface area contributed by atoms with Crippen molar-refractivity contribution in [2.24, 2.45) is 0 Å². The molecule has 0 aliphatic rings. The fourth-order valence-electron chi connectivity index (χ4n) is 1.71. The summed E-state index contributed by atoms with van der Waals surface area (Å²) in [4.78, 5) is 22.7. The summed E-state index contributed by atoms with van der Waals surface area (Å²) in [7, 11) is 0. The molecule has 0 spiro atoms. The number of amides is 1. The second-order valence-electron chi connectivity index (χ2n) is 3.98. The lowest BCUT2D eigenvalue weighted by Gasteiger charge is -2.17. The molecule has 1 amide bonds. The Morgan fingerprint density at radius 3 is 2.47 bits per heavy atom. The number of benzene rings is 1. The van der Waals surface area contributed by atoms with E-state index in [0.717, 1.165) is 0 Å². The van der Waals surface area contributed by atoms with Crippen LogP contribution in [0.5, 0.6) is 0 Å². The van der Waals surface area contributed by atoms with E-state index in [1.807, 2.05) is 0 Å². The van der Waals surface area contributed by atoms with Gasteiger partial charge >= 0.3 is 0 Å². The van der Waals surface area contributed by atoms with E-state index in [2.05, 4.69) is 5.32 Å². The molecule has 0 saturated carbocycles. The van der Waals surface area contributed by atoms with Gasteiger partial charge in [-0.05, 0) is 24.3 Å². The molecule has 98 valence electrons. The summed E-state index contributed by atoms with van der Waals surface area (Å²) < 4.78 is 5.13. The maximum Gasteiger partial charge on any atom is 0.251 e. The van der Waals surface area contributed by atoms with Gasteiger partial charge in [0.2, 0.25) is 0 Å². The van der Waals surface area contributed by atoms with Crippen LogP contribution in [0.15, 0.2) is 53.1 Å². The first-order valence-electron chi connectivity index (χ1n) is 5.76. The molecule has 19 heavy (non-hydrogen) atoms. The number of carboxylic acids is 1. The summed E-state index contributed by atoms with van der Waals surface area (Å²) in [6.45, 7) is 0. The average Bonchev–Trinajstić information content (AvgIpc) is 2.92. The zero-order valence-corrected chi connectivity index (χ0v) is 10.0. The van der Waals surface area contributed by atoms with Gasteiger partial charge in [-0.1, -0.05) is 18.2 Å². The Morgan fingerprint density at radius 1 is 1.16 bits per heavy atom. The Balaban J connectivity index is 2.12. The smallest absolute Gasteiger partial charge is 0.251 e. The SMILES string of the molecule is O=C([O-])C[C@@H](NC(=O)c1ccccc1)c1ccco1. The number of furan rings is 1. The molecular formula is C14H12NO4-. The molecule has 1 aromatic carbocycles. The van der Waals surface area contributed by atoms with Crippen LogP contribution in [0.4, 0.5) is 0 Å². The molecule has 1 atom stereocenters. The van der Waals surface area contributed by atoms with Crippen LogP contribution in [0, 0.1) is 0 Å². The van der Waals surface area contributed by atoms with Gasteiger partial charge in [0.05, 0.1) is 12.3 Å². The molecule has 0 aliphatic carbocycles. The lowest BCUT2D eigenvalue weighted by Crippen LogP contribution is -2.34. The van der Waals surface area contributed by atoms with Crippen molar-refractivity contribution in [1.82, 2.24) is 5.32 Å². The first-order valence-corrected chi connectivity index (χ1v) is 5.76. The monoisotopic (exact) mass is 258 g/mol. The van der Waals surface area contributed by atoms with Gasteiger partial charge in [-0.15, -0.1) is 0 Å². The molecule has 2 aromatic rings. The topological polar surface area (TPSA) is 82.4 Å². The first kappa shape index (κ1) is 12.9. The van der Waals surface area contributed by atoms with Crippen LogP contribution < -0.4 is 10.4 Å². The molecule has 1 heterocycles. The molecule has 0 unspecified atom stereocenters. The Labute approximate surface area is 109 Å². The van der Waals surface area contributed by atoms with Crippen LogP contribution in [0.3, 0.4) is 0 Å². The van der Waals surface area contributed by atoms with Gasteiger partial charge in [0, 0.05) is 18.0 Å². The number of carboxylic acid groups (broad SMARTS) is 1. The van der Waals surface area contributed by atoms with Gasteiger partial charge in [0.15, 0.2) is 0 Å². The molecule has 1 aromatic heterocycles. The normalized spacial score (nSPS) is 11.8. The third-order valence-electron chi connectivity index (χ3n) is 2.60. The lowest BCUT2D eigenvalue weighted by molar-refractivity contribution is -0.306. The first-order chi connectivity index (χ1) is 9.16. The minimum absolute atomic E-state index is 0.341. The molecule has 2 rings (SSSR count). The van der Waals surface area contributed by atoms with Crippen molar-refractivity contribution in [3.8, 4) is 0 Å². The molecular weight excluding hydrogens is 246 g/mol. The van der Waals surface area contributed by atoms with Gasteiger partial charge in [0.25, 0.3) is 5.91 Å². The molecule has 0 bridgehead atoms. The summed E-state index contributed by atoms with van der Waals surface area (Å²) >= 11 is 0. The highest BCUT2D eigenvalue weighted by molar-refractivity contribution is 5.94. The Bertz CT molecular complexity index is 548. The molecule has 0 aliphatic heterocycles. The fraction of sp³-hybridized carbons (Fsp3) is 0.143. The Hall–Kier alpha value is -2.56. The minimum atomic E-state index is -1.25. The van der Waals surface area contributed by atoms with Crippen molar-refractivity contribution in [1.29, 1.82) is 0 Å². The third kappa shape index (κ3) is 3.45. The standard InChI is InChI=1S/C14H13NO4/c16-13(17)9-11(12-7-4-8-19-12)15-14(18)10-5-2-1-3-6-10/h1-8,11H,9H2,(H,15,18)(H,16,17)/p-1/t11-/m1/s1. The van der Waals surface area contributed by atoms with Crippen molar-refractivity contribution in [3.05, 3.63) is 60.1 Å². The van der Waals surface area contributed by atoms with E-state index >= 15 is 0 Å². The predicted octanol–water partition coefficient (Wildman–Crippen LogP) is 0.891. The van der Waals surface area contributed by atoms with Gasteiger partial charge < -0.3 is 19.6 Å². The van der Waals surface area contributed by atoms with Crippen LogP contribution in [-0.2, 0) is 4.79 Å². The second-order valence-corrected chi connectivity index (χ2v) is 3.98. The number of hydrogen-bond acceptors (Lipinski definition) is 4. The van der Waals surface area contributed by atoms with E-state index < -0.39 is 12.0 Å². The van der Waals surface area contributed by atoms with E-state index in [9.17, 15) is 14.7 Å². The lowest BCUT2D eigenvalue weighted by atomic mass is 10.1. The van der Waals surface area contributed by atoms with E-state index in [0.29, 0.717) is 11.3 Å². The Kier molecular flexibility index (Phi) is 3.97. The summed E-state index contributed by atoms with van der Waals surface area (Å²) in [6, 6.07) is 11.0. The van der Waals surface area contributed by atoms with Gasteiger partial charge in [-0.25, -0.2) is 0 Å². The summed E-state index contributed by atoms with van der Waals surface area (Å²) in [5.41, 5.74) is 0.456. The number of nitrogens with one attached hydrogen (secondary N) is 1. The number of carbonyl (C=O) groups is 2. The largest absolute Gasteiger partial charge is 0.550 e. The molecule has 0 saturated heterocycles. The molecule has 0 radical (unpaired) electrons. The van der Waals surface area contributed by atoms with Crippen molar-refractivity contribution >= 4 is 11.9 Å². The second kappa shape index (κ2) is 5.86. The van der Waals surface area contributed by atoms with E-state index in [1.54, 1.807) is 42.5 Å². The number of carbonyl (C=O) groups excluding carboxylic acids is 2. The van der Waals surface area contributed by atoms with Crippen LogP contribution in [0.25, 0.3) is 0 Å². The Morgan fingerprint density at radius 2 is 1.89 bits per heavy atom. The zero-order valence-electron chi connectivity index (χ0n) is 10.0. The number of rotatable bonds is 5. The molecule has 1 N–H and O–H groups in total. The van der Waals surface area contributed by atoms with E-state index in [4.69, 9.17) is 4.42 Å². The highest BCUT2D eigenvalue weighted by Gasteiger charge is 2.18. The van der Waals surface area contributed by atoms with Gasteiger partial charge in [-0.3, -0.25) is 4.79 Å². The maximum absolute atomic E-state index is 12.0. The van der Waals surface area contributed by atoms with Crippen molar-refractivity contribution in [2.45, 2.75) is 12.5 Å². The number of aliphatic carboxylic acids is 1. The fourth-order valence-corrected chi connectivity index (χ4v) is 1.71. The summed E-state index contributed by atoms with van der Waals surface area (Å²) in [6.07, 6.45) is 1.08. The van der Waals surface area contributed by atoms with Crippen molar-refractivity contribution in [2.75, 3.05) is 0 Å². The molecule has 0 fully saturated rings. The number of hydrogen-bond donors (Lipinski definition) is 1.